The fourth-order valence-corrected chi connectivity index (χ4v) is 6.18. The van der Waals surface area contributed by atoms with Gasteiger partial charge < -0.3 is 20.4 Å². The molecule has 2 unspecified atom stereocenters. The van der Waals surface area contributed by atoms with Crippen molar-refractivity contribution in [3.63, 3.8) is 0 Å². The summed E-state index contributed by atoms with van der Waals surface area (Å²) in [6, 6.07) is 24.3. The highest BCUT2D eigenvalue weighted by Gasteiger charge is 2.28. The highest BCUT2D eigenvalue weighted by atomic mass is 16.5. The number of H-pyrrole nitrogens is 1. The van der Waals surface area contributed by atoms with E-state index >= 15 is 0 Å². The monoisotopic (exact) mass is 493 g/mol. The number of anilines is 2. The first-order valence-electron chi connectivity index (χ1n) is 13.3. The van der Waals surface area contributed by atoms with Crippen molar-refractivity contribution in [2.45, 2.75) is 12.6 Å². The van der Waals surface area contributed by atoms with Crippen molar-refractivity contribution in [3.05, 3.63) is 109 Å². The van der Waals surface area contributed by atoms with Gasteiger partial charge in [-0.15, -0.1) is 0 Å². The Morgan fingerprint density at radius 1 is 0.789 bits per heavy atom. The number of ether oxygens (including phenoxy) is 1. The van der Waals surface area contributed by atoms with Crippen LogP contribution in [0.5, 0.6) is 5.75 Å². The van der Waals surface area contributed by atoms with E-state index in [9.17, 15) is 0 Å². The van der Waals surface area contributed by atoms with Gasteiger partial charge in [-0.2, -0.15) is 0 Å². The van der Waals surface area contributed by atoms with Crippen molar-refractivity contribution >= 4 is 39.1 Å². The second-order valence-electron chi connectivity index (χ2n) is 10.3. The van der Waals surface area contributed by atoms with Gasteiger partial charge in [0.2, 0.25) is 0 Å². The van der Waals surface area contributed by atoms with Crippen molar-refractivity contribution < 1.29 is 4.74 Å². The number of nitrogens with one attached hydrogen (secondary N) is 3. The molecule has 0 spiro atoms. The lowest BCUT2D eigenvalue weighted by Crippen LogP contribution is -2.29. The molecule has 38 heavy (non-hydrogen) atoms. The van der Waals surface area contributed by atoms with Crippen LogP contribution in [0.3, 0.4) is 0 Å². The third-order valence-corrected chi connectivity index (χ3v) is 8.03. The largest absolute Gasteiger partial charge is 0.468 e. The van der Waals surface area contributed by atoms with Crippen molar-refractivity contribution in [1.82, 2.24) is 4.98 Å². The summed E-state index contributed by atoms with van der Waals surface area (Å²) in [7, 11) is 0. The molecule has 4 aromatic carbocycles. The predicted octanol–water partition coefficient (Wildman–Crippen LogP) is 8.36. The molecule has 1 aliphatic carbocycles. The summed E-state index contributed by atoms with van der Waals surface area (Å²) in [5.74, 6) is 1.26. The minimum Gasteiger partial charge on any atom is -0.468 e. The Hall–Kier alpha value is -4.70. The second-order valence-corrected chi connectivity index (χ2v) is 10.3. The zero-order valence-electron chi connectivity index (χ0n) is 20.9. The normalized spacial score (nSPS) is 19.2. The molecule has 2 aliphatic heterocycles. The molecule has 0 fully saturated rings. The van der Waals surface area contributed by atoms with Gasteiger partial charge in [-0.3, -0.25) is 0 Å². The lowest BCUT2D eigenvalue weighted by Gasteiger charge is -2.20. The molecule has 0 bridgehead atoms. The van der Waals surface area contributed by atoms with Crippen LogP contribution in [-0.4, -0.2) is 17.8 Å². The van der Waals surface area contributed by atoms with Gasteiger partial charge in [-0.25, -0.2) is 0 Å². The Morgan fingerprint density at radius 2 is 1.68 bits per heavy atom. The molecule has 5 aromatic rings. The summed E-state index contributed by atoms with van der Waals surface area (Å²) in [4.78, 5) is 3.47. The molecule has 0 saturated heterocycles. The highest BCUT2D eigenvalue weighted by Crippen LogP contribution is 2.44. The number of benzene rings is 4. The SMILES string of the molecule is C1=CCC(C2Nc3cc(-c4ccc(-c5cc6c(c7[nH]ccc57)NCC=C6)c5ccccc45)ccc3O2)C=C1. The molecule has 0 amide bonds. The Morgan fingerprint density at radius 3 is 2.58 bits per heavy atom. The average Bonchev–Trinajstić information content (AvgIpc) is 3.64. The molecule has 2 atom stereocenters. The van der Waals surface area contributed by atoms with E-state index < -0.39 is 0 Å². The summed E-state index contributed by atoms with van der Waals surface area (Å²) in [6.07, 6.45) is 16.0. The molecule has 4 nitrogen and oxygen atoms in total. The van der Waals surface area contributed by atoms with Crippen LogP contribution in [0.4, 0.5) is 11.4 Å². The maximum Gasteiger partial charge on any atom is 0.176 e. The standard InChI is InChI=1S/C34H27N3O/c1-2-7-21(8-3-1)34-37-30-20-22(12-15-31(30)38-34)24-13-14-27(26-11-5-4-10-25(24)26)29-19-23-9-6-17-35-32(23)33-28(29)16-18-36-33/h1-7,9-16,18-21,34-37H,8,17H2. The minimum absolute atomic E-state index is 0.0307. The molecule has 1 aromatic heterocycles. The van der Waals surface area contributed by atoms with E-state index in [4.69, 9.17) is 4.74 Å². The number of aromatic amines is 1. The minimum atomic E-state index is -0.0307. The maximum atomic E-state index is 6.27. The number of hydrogen-bond donors (Lipinski definition) is 3. The van der Waals surface area contributed by atoms with Gasteiger partial charge in [0.05, 0.1) is 16.9 Å². The van der Waals surface area contributed by atoms with Crippen LogP contribution in [0.25, 0.3) is 50.0 Å². The number of aromatic nitrogens is 1. The zero-order chi connectivity index (χ0) is 25.1. The van der Waals surface area contributed by atoms with Crippen LogP contribution in [0.2, 0.25) is 0 Å². The molecule has 0 saturated carbocycles. The number of rotatable bonds is 3. The predicted molar refractivity (Wildman–Crippen MR) is 159 cm³/mol. The summed E-state index contributed by atoms with van der Waals surface area (Å²) in [5, 5.41) is 10.9. The van der Waals surface area contributed by atoms with Gasteiger partial charge >= 0.3 is 0 Å². The van der Waals surface area contributed by atoms with Crippen LogP contribution in [0, 0.1) is 5.92 Å². The van der Waals surface area contributed by atoms with Gasteiger partial charge in [0.25, 0.3) is 0 Å². The number of hydrogen-bond acceptors (Lipinski definition) is 3. The van der Waals surface area contributed by atoms with Gasteiger partial charge in [-0.05, 0) is 63.7 Å². The fraction of sp³-hybridized carbons (Fsp3) is 0.118. The third-order valence-electron chi connectivity index (χ3n) is 8.03. The van der Waals surface area contributed by atoms with E-state index in [-0.39, 0.29) is 6.23 Å². The van der Waals surface area contributed by atoms with Gasteiger partial charge in [-0.1, -0.05) is 78.9 Å². The zero-order valence-corrected chi connectivity index (χ0v) is 20.9. The van der Waals surface area contributed by atoms with Crippen molar-refractivity contribution in [1.29, 1.82) is 0 Å². The number of allylic oxidation sites excluding steroid dienone is 3. The Balaban J connectivity index is 1.23. The van der Waals surface area contributed by atoms with E-state index in [1.165, 1.54) is 49.7 Å². The second kappa shape index (κ2) is 8.42. The first-order valence-corrected chi connectivity index (χ1v) is 13.3. The first-order chi connectivity index (χ1) is 18.8. The quantitative estimate of drug-likeness (QED) is 0.237. The molecule has 0 radical (unpaired) electrons. The fourth-order valence-electron chi connectivity index (χ4n) is 6.18. The Bertz CT molecular complexity index is 1820. The maximum absolute atomic E-state index is 6.27. The van der Waals surface area contributed by atoms with Gasteiger partial charge in [0, 0.05) is 29.6 Å². The first kappa shape index (κ1) is 21.4. The van der Waals surface area contributed by atoms with Crippen molar-refractivity contribution in [3.8, 4) is 28.0 Å². The van der Waals surface area contributed by atoms with E-state index in [1.54, 1.807) is 0 Å². The molecule has 3 aliphatic rings. The van der Waals surface area contributed by atoms with E-state index in [1.807, 2.05) is 6.20 Å². The smallest absolute Gasteiger partial charge is 0.176 e. The summed E-state index contributed by atoms with van der Waals surface area (Å²) in [5.41, 5.74) is 9.53. The third kappa shape index (κ3) is 3.30. The summed E-state index contributed by atoms with van der Waals surface area (Å²) in [6.45, 7) is 0.855. The molecular weight excluding hydrogens is 466 g/mol. The van der Waals surface area contributed by atoms with Gasteiger partial charge in [0.1, 0.15) is 5.75 Å². The molecule has 3 N–H and O–H groups in total. The summed E-state index contributed by atoms with van der Waals surface area (Å²) >= 11 is 0. The van der Waals surface area contributed by atoms with E-state index in [0.29, 0.717) is 5.92 Å². The van der Waals surface area contributed by atoms with Crippen LogP contribution in [0.1, 0.15) is 12.0 Å². The molecule has 8 rings (SSSR count). The Kier molecular flexibility index (Phi) is 4.74. The lowest BCUT2D eigenvalue weighted by atomic mass is 9.89. The van der Waals surface area contributed by atoms with Crippen LogP contribution in [0.15, 0.2) is 103 Å². The van der Waals surface area contributed by atoms with Crippen LogP contribution < -0.4 is 15.4 Å². The highest BCUT2D eigenvalue weighted by molar-refractivity contribution is 6.12. The van der Waals surface area contributed by atoms with Crippen LogP contribution in [-0.2, 0) is 0 Å². The van der Waals surface area contributed by atoms with Crippen molar-refractivity contribution in [2.24, 2.45) is 5.92 Å². The molecule has 3 heterocycles. The molecular formula is C34H27N3O. The molecule has 184 valence electrons. The summed E-state index contributed by atoms with van der Waals surface area (Å²) < 4.78 is 6.27. The van der Waals surface area contributed by atoms with Gasteiger partial charge in [0.15, 0.2) is 6.23 Å². The van der Waals surface area contributed by atoms with Crippen molar-refractivity contribution in [2.75, 3.05) is 17.2 Å². The Labute approximate surface area is 221 Å². The topological polar surface area (TPSA) is 49.1 Å². The number of fused-ring (bicyclic) bond motifs is 5. The lowest BCUT2D eigenvalue weighted by molar-refractivity contribution is 0.204. The molecule has 4 heteroatoms. The average molecular weight is 494 g/mol. The van der Waals surface area contributed by atoms with E-state index in [2.05, 4.69) is 119 Å². The van der Waals surface area contributed by atoms with E-state index in [0.717, 1.165) is 29.9 Å². The van der Waals surface area contributed by atoms with Crippen LogP contribution >= 0.6 is 0 Å².